The van der Waals surface area contributed by atoms with Gasteiger partial charge < -0.3 is 14.2 Å². The van der Waals surface area contributed by atoms with Gasteiger partial charge >= 0.3 is 17.9 Å². The third-order valence-electron chi connectivity index (χ3n) is 9.15. The molecular weight excluding hydrogens is 576 g/mol. The van der Waals surface area contributed by atoms with E-state index in [0.717, 1.165) is 70.1 Å². The van der Waals surface area contributed by atoms with E-state index >= 15 is 0 Å². The molecule has 0 spiro atoms. The molecule has 2 atom stereocenters. The van der Waals surface area contributed by atoms with Gasteiger partial charge in [0, 0.05) is 19.3 Å². The van der Waals surface area contributed by atoms with Crippen molar-refractivity contribution >= 4 is 17.9 Å². The van der Waals surface area contributed by atoms with Crippen molar-refractivity contribution in [3.05, 3.63) is 0 Å². The second-order valence-electron chi connectivity index (χ2n) is 13.8. The van der Waals surface area contributed by atoms with Crippen molar-refractivity contribution in [1.29, 1.82) is 0 Å². The molecule has 0 aromatic heterocycles. The fourth-order valence-corrected chi connectivity index (χ4v) is 5.71. The lowest BCUT2D eigenvalue weighted by Gasteiger charge is -2.18. The van der Waals surface area contributed by atoms with Gasteiger partial charge in [-0.25, -0.2) is 0 Å². The van der Waals surface area contributed by atoms with Crippen LogP contribution >= 0.6 is 0 Å². The first-order valence-corrected chi connectivity index (χ1v) is 19.9. The van der Waals surface area contributed by atoms with Crippen LogP contribution in [0.1, 0.15) is 214 Å². The Bertz CT molecular complexity index is 693. The number of unbranched alkanes of at least 4 members (excludes halogenated alkanes) is 21. The van der Waals surface area contributed by atoms with Crippen molar-refractivity contribution in [2.75, 3.05) is 13.2 Å². The maximum Gasteiger partial charge on any atom is 0.306 e. The summed E-state index contributed by atoms with van der Waals surface area (Å²) in [7, 11) is 0. The van der Waals surface area contributed by atoms with Gasteiger partial charge in [0.05, 0.1) is 0 Å². The van der Waals surface area contributed by atoms with Crippen LogP contribution in [0, 0.1) is 5.92 Å². The van der Waals surface area contributed by atoms with Gasteiger partial charge in [-0.3, -0.25) is 14.4 Å². The van der Waals surface area contributed by atoms with Gasteiger partial charge in [0.15, 0.2) is 6.10 Å². The van der Waals surface area contributed by atoms with E-state index in [1.165, 1.54) is 103 Å². The Morgan fingerprint density at radius 1 is 0.435 bits per heavy atom. The topological polar surface area (TPSA) is 78.9 Å². The van der Waals surface area contributed by atoms with Crippen molar-refractivity contribution in [2.45, 2.75) is 220 Å². The summed E-state index contributed by atoms with van der Waals surface area (Å²) in [5.41, 5.74) is 0. The Morgan fingerprint density at radius 3 is 1.13 bits per heavy atom. The molecule has 0 aliphatic carbocycles. The molecule has 0 aromatic carbocycles. The molecule has 0 bridgehead atoms. The Labute approximate surface area is 285 Å². The summed E-state index contributed by atoms with van der Waals surface area (Å²) >= 11 is 0. The minimum atomic E-state index is -0.757. The standard InChI is InChI=1S/C40H76O6/c1-5-8-10-12-13-14-15-16-17-18-19-25-29-33-40(43)46-37(34-44-38(41)31-27-22-11-9-6-2)35-45-39(42)32-28-24-21-20-23-26-30-36(4)7-3/h36-37H,5-35H2,1-4H3/t36?,37-/m1/s1. The summed E-state index contributed by atoms with van der Waals surface area (Å²) in [6.45, 7) is 8.86. The van der Waals surface area contributed by atoms with Crippen LogP contribution in [0.3, 0.4) is 0 Å². The molecule has 0 aromatic rings. The molecule has 0 rings (SSSR count). The fourth-order valence-electron chi connectivity index (χ4n) is 5.71. The summed E-state index contributed by atoms with van der Waals surface area (Å²) in [5.74, 6) is -0.0645. The highest BCUT2D eigenvalue weighted by molar-refractivity contribution is 5.71. The molecule has 0 N–H and O–H groups in total. The lowest BCUT2D eigenvalue weighted by Crippen LogP contribution is -2.30. The third-order valence-corrected chi connectivity index (χ3v) is 9.15. The Morgan fingerprint density at radius 2 is 0.761 bits per heavy atom. The first-order valence-electron chi connectivity index (χ1n) is 19.9. The van der Waals surface area contributed by atoms with Crippen LogP contribution in [0.15, 0.2) is 0 Å². The average Bonchev–Trinajstić information content (AvgIpc) is 3.05. The SMILES string of the molecule is CCCCCCCCCCCCCCCC(=O)O[C@H](COC(=O)CCCCCCC)COC(=O)CCCCCCCCC(C)CC. The van der Waals surface area contributed by atoms with Crippen LogP contribution in [-0.4, -0.2) is 37.2 Å². The lowest BCUT2D eigenvalue weighted by atomic mass is 10.00. The minimum absolute atomic E-state index is 0.0669. The fraction of sp³-hybridized carbons (Fsp3) is 0.925. The van der Waals surface area contributed by atoms with Crippen LogP contribution < -0.4 is 0 Å². The van der Waals surface area contributed by atoms with Crippen molar-refractivity contribution in [2.24, 2.45) is 5.92 Å². The zero-order chi connectivity index (χ0) is 33.9. The van der Waals surface area contributed by atoms with Crippen LogP contribution in [0.4, 0.5) is 0 Å². The molecule has 46 heavy (non-hydrogen) atoms. The van der Waals surface area contributed by atoms with Gasteiger partial charge in [-0.05, 0) is 25.2 Å². The summed E-state index contributed by atoms with van der Waals surface area (Å²) in [5, 5.41) is 0. The van der Waals surface area contributed by atoms with Crippen molar-refractivity contribution in [3.8, 4) is 0 Å². The molecule has 0 saturated heterocycles. The molecule has 272 valence electrons. The minimum Gasteiger partial charge on any atom is -0.462 e. The van der Waals surface area contributed by atoms with E-state index in [1.54, 1.807) is 0 Å². The van der Waals surface area contributed by atoms with Crippen molar-refractivity contribution < 1.29 is 28.6 Å². The first-order chi connectivity index (χ1) is 22.4. The summed E-state index contributed by atoms with van der Waals surface area (Å²) in [4.78, 5) is 37.2. The van der Waals surface area contributed by atoms with E-state index in [1.807, 2.05) is 0 Å². The van der Waals surface area contributed by atoms with Gasteiger partial charge in [0.2, 0.25) is 0 Å². The monoisotopic (exact) mass is 653 g/mol. The molecule has 0 aliphatic rings. The van der Waals surface area contributed by atoms with Crippen LogP contribution in [0.2, 0.25) is 0 Å². The zero-order valence-corrected chi connectivity index (χ0v) is 31.0. The van der Waals surface area contributed by atoms with Gasteiger partial charge in [-0.15, -0.1) is 0 Å². The molecule has 0 heterocycles. The van der Waals surface area contributed by atoms with E-state index in [2.05, 4.69) is 27.7 Å². The first kappa shape index (κ1) is 44.4. The van der Waals surface area contributed by atoms with Gasteiger partial charge in [0.1, 0.15) is 13.2 Å². The van der Waals surface area contributed by atoms with E-state index in [9.17, 15) is 14.4 Å². The number of hydrogen-bond acceptors (Lipinski definition) is 6. The van der Waals surface area contributed by atoms with Gasteiger partial charge in [0.25, 0.3) is 0 Å². The average molecular weight is 653 g/mol. The predicted molar refractivity (Wildman–Crippen MR) is 192 cm³/mol. The zero-order valence-electron chi connectivity index (χ0n) is 31.0. The molecule has 0 aliphatic heterocycles. The largest absolute Gasteiger partial charge is 0.462 e. The second kappa shape index (κ2) is 34.7. The van der Waals surface area contributed by atoms with E-state index in [-0.39, 0.29) is 31.1 Å². The number of ether oxygens (including phenoxy) is 3. The Kier molecular flexibility index (Phi) is 33.5. The Hall–Kier alpha value is -1.59. The molecule has 0 amide bonds. The summed E-state index contributed by atoms with van der Waals surface area (Å²) in [6.07, 6.45) is 31.1. The highest BCUT2D eigenvalue weighted by Crippen LogP contribution is 2.16. The predicted octanol–water partition coefficient (Wildman–Crippen LogP) is 12.0. The molecular formula is C40H76O6. The number of hydrogen-bond donors (Lipinski definition) is 0. The van der Waals surface area contributed by atoms with E-state index < -0.39 is 6.10 Å². The molecule has 6 nitrogen and oxygen atoms in total. The second-order valence-corrected chi connectivity index (χ2v) is 13.8. The van der Waals surface area contributed by atoms with Crippen LogP contribution in [-0.2, 0) is 28.6 Å². The number of carbonyl (C=O) groups excluding carboxylic acids is 3. The van der Waals surface area contributed by atoms with Crippen LogP contribution in [0.25, 0.3) is 0 Å². The Balaban J connectivity index is 4.27. The normalized spacial score (nSPS) is 12.5. The number of rotatable bonds is 35. The maximum atomic E-state index is 12.6. The van der Waals surface area contributed by atoms with E-state index in [4.69, 9.17) is 14.2 Å². The van der Waals surface area contributed by atoms with Crippen molar-refractivity contribution in [1.82, 2.24) is 0 Å². The summed E-state index contributed by atoms with van der Waals surface area (Å²) in [6, 6.07) is 0. The van der Waals surface area contributed by atoms with Crippen LogP contribution in [0.5, 0.6) is 0 Å². The quantitative estimate of drug-likeness (QED) is 0.0385. The highest BCUT2D eigenvalue weighted by Gasteiger charge is 2.19. The maximum absolute atomic E-state index is 12.6. The molecule has 1 unspecified atom stereocenters. The van der Waals surface area contributed by atoms with E-state index in [0.29, 0.717) is 19.3 Å². The summed E-state index contributed by atoms with van der Waals surface area (Å²) < 4.78 is 16.5. The smallest absolute Gasteiger partial charge is 0.306 e. The molecule has 0 saturated carbocycles. The van der Waals surface area contributed by atoms with Gasteiger partial charge in [-0.1, -0.05) is 175 Å². The molecule has 0 radical (unpaired) electrons. The number of carbonyl (C=O) groups is 3. The highest BCUT2D eigenvalue weighted by atomic mass is 16.6. The molecule has 6 heteroatoms. The third kappa shape index (κ3) is 32.4. The van der Waals surface area contributed by atoms with Gasteiger partial charge in [-0.2, -0.15) is 0 Å². The van der Waals surface area contributed by atoms with Crippen molar-refractivity contribution in [3.63, 3.8) is 0 Å². The number of esters is 3. The lowest BCUT2D eigenvalue weighted by molar-refractivity contribution is -0.167. The molecule has 0 fully saturated rings.